The molecule has 0 amide bonds. The highest BCUT2D eigenvalue weighted by Gasteiger charge is 2.34. The van der Waals surface area contributed by atoms with Crippen LogP contribution in [0.5, 0.6) is 0 Å². The minimum atomic E-state index is -0.660. The predicted octanol–water partition coefficient (Wildman–Crippen LogP) is 1.97. The van der Waals surface area contributed by atoms with Crippen molar-refractivity contribution in [2.45, 2.75) is 33.8 Å². The van der Waals surface area contributed by atoms with Crippen LogP contribution in [0, 0.1) is 11.3 Å². The standard InChI is InChI=1S/C11H18O3/c1-6-9(13)14-10(8(2)3)11(4,5)7-12/h6-8,10H,1H2,2-5H3. The topological polar surface area (TPSA) is 43.4 Å². The van der Waals surface area contributed by atoms with Gasteiger partial charge in [-0.2, -0.15) is 0 Å². The summed E-state index contributed by atoms with van der Waals surface area (Å²) in [5, 5.41) is 0. The number of esters is 1. The minimum Gasteiger partial charge on any atom is -0.458 e. The molecule has 3 heteroatoms. The third-order valence-electron chi connectivity index (χ3n) is 2.05. The Labute approximate surface area is 85.1 Å². The Balaban J connectivity index is 4.68. The van der Waals surface area contributed by atoms with Crippen LogP contribution in [0.2, 0.25) is 0 Å². The zero-order valence-corrected chi connectivity index (χ0v) is 9.24. The molecule has 1 unspecified atom stereocenters. The van der Waals surface area contributed by atoms with Gasteiger partial charge in [-0.05, 0) is 19.8 Å². The Morgan fingerprint density at radius 1 is 1.43 bits per heavy atom. The first-order chi connectivity index (χ1) is 6.35. The monoisotopic (exact) mass is 198 g/mol. The van der Waals surface area contributed by atoms with E-state index >= 15 is 0 Å². The summed E-state index contributed by atoms with van der Waals surface area (Å²) in [4.78, 5) is 21.9. The van der Waals surface area contributed by atoms with Gasteiger partial charge in [-0.25, -0.2) is 4.79 Å². The average Bonchev–Trinajstić information content (AvgIpc) is 2.12. The fraction of sp³-hybridized carbons (Fsp3) is 0.636. The number of carbonyl (C=O) groups excluding carboxylic acids is 2. The van der Waals surface area contributed by atoms with Crippen LogP contribution in [0.4, 0.5) is 0 Å². The second-order valence-corrected chi connectivity index (χ2v) is 4.24. The SMILES string of the molecule is C=CC(=O)OC(C(C)C)C(C)(C)C=O. The maximum absolute atomic E-state index is 11.0. The second kappa shape index (κ2) is 4.94. The molecule has 14 heavy (non-hydrogen) atoms. The molecule has 0 radical (unpaired) electrons. The molecular formula is C11H18O3. The van der Waals surface area contributed by atoms with Crippen molar-refractivity contribution in [1.82, 2.24) is 0 Å². The van der Waals surface area contributed by atoms with E-state index in [1.807, 2.05) is 13.8 Å². The molecule has 80 valence electrons. The highest BCUT2D eigenvalue weighted by Crippen LogP contribution is 2.26. The van der Waals surface area contributed by atoms with Crippen LogP contribution >= 0.6 is 0 Å². The van der Waals surface area contributed by atoms with E-state index in [0.717, 1.165) is 12.4 Å². The largest absolute Gasteiger partial charge is 0.458 e. The molecule has 1 atom stereocenters. The van der Waals surface area contributed by atoms with E-state index in [4.69, 9.17) is 4.74 Å². The number of hydrogen-bond acceptors (Lipinski definition) is 3. The summed E-state index contributed by atoms with van der Waals surface area (Å²) in [7, 11) is 0. The molecule has 0 bridgehead atoms. The average molecular weight is 198 g/mol. The van der Waals surface area contributed by atoms with Crippen LogP contribution in [0.1, 0.15) is 27.7 Å². The molecule has 0 aromatic heterocycles. The van der Waals surface area contributed by atoms with Gasteiger partial charge < -0.3 is 9.53 Å². The molecule has 0 aliphatic heterocycles. The highest BCUT2D eigenvalue weighted by atomic mass is 16.5. The lowest BCUT2D eigenvalue weighted by Crippen LogP contribution is -2.38. The van der Waals surface area contributed by atoms with E-state index in [-0.39, 0.29) is 5.92 Å². The van der Waals surface area contributed by atoms with Crippen LogP contribution in [0.25, 0.3) is 0 Å². The van der Waals surface area contributed by atoms with Crippen molar-refractivity contribution in [3.05, 3.63) is 12.7 Å². The van der Waals surface area contributed by atoms with Crippen molar-refractivity contribution in [3.8, 4) is 0 Å². The predicted molar refractivity (Wildman–Crippen MR) is 54.8 cm³/mol. The number of rotatable bonds is 5. The van der Waals surface area contributed by atoms with E-state index in [1.165, 1.54) is 0 Å². The normalized spacial score (nSPS) is 13.5. The Hall–Kier alpha value is -1.12. The van der Waals surface area contributed by atoms with E-state index < -0.39 is 17.5 Å². The molecular weight excluding hydrogens is 180 g/mol. The molecule has 0 rings (SSSR count). The Kier molecular flexibility index (Phi) is 4.54. The van der Waals surface area contributed by atoms with Crippen LogP contribution in [-0.4, -0.2) is 18.4 Å². The molecule has 0 N–H and O–H groups in total. The third-order valence-corrected chi connectivity index (χ3v) is 2.05. The Bertz CT molecular complexity index is 229. The van der Waals surface area contributed by atoms with Gasteiger partial charge in [-0.15, -0.1) is 0 Å². The molecule has 0 aliphatic carbocycles. The summed E-state index contributed by atoms with van der Waals surface area (Å²) >= 11 is 0. The number of aldehydes is 1. The summed E-state index contributed by atoms with van der Waals surface area (Å²) in [5.74, 6) is -0.391. The maximum Gasteiger partial charge on any atom is 0.330 e. The summed E-state index contributed by atoms with van der Waals surface area (Å²) in [5.41, 5.74) is -0.660. The van der Waals surface area contributed by atoms with Crippen molar-refractivity contribution in [3.63, 3.8) is 0 Å². The number of carbonyl (C=O) groups is 2. The van der Waals surface area contributed by atoms with Gasteiger partial charge in [0.15, 0.2) is 0 Å². The Morgan fingerprint density at radius 3 is 2.21 bits per heavy atom. The third kappa shape index (κ3) is 3.32. The highest BCUT2D eigenvalue weighted by molar-refractivity contribution is 5.81. The van der Waals surface area contributed by atoms with Crippen LogP contribution in [-0.2, 0) is 14.3 Å². The summed E-state index contributed by atoms with van der Waals surface area (Å²) in [6, 6.07) is 0. The van der Waals surface area contributed by atoms with E-state index in [9.17, 15) is 9.59 Å². The summed E-state index contributed by atoms with van der Waals surface area (Å²) in [6.07, 6.45) is 1.51. The Morgan fingerprint density at radius 2 is 1.93 bits per heavy atom. The van der Waals surface area contributed by atoms with Crippen molar-refractivity contribution in [1.29, 1.82) is 0 Å². The van der Waals surface area contributed by atoms with Crippen LogP contribution in [0.3, 0.4) is 0 Å². The lowest BCUT2D eigenvalue weighted by atomic mass is 9.82. The van der Waals surface area contributed by atoms with Gasteiger partial charge in [0, 0.05) is 6.08 Å². The van der Waals surface area contributed by atoms with Gasteiger partial charge in [-0.1, -0.05) is 20.4 Å². The molecule has 0 fully saturated rings. The molecule has 0 saturated carbocycles. The summed E-state index contributed by atoms with van der Waals surface area (Å²) in [6.45, 7) is 10.6. The van der Waals surface area contributed by atoms with Crippen LogP contribution < -0.4 is 0 Å². The zero-order valence-electron chi connectivity index (χ0n) is 9.24. The molecule has 0 saturated heterocycles. The maximum atomic E-state index is 11.0. The van der Waals surface area contributed by atoms with E-state index in [2.05, 4.69) is 6.58 Å². The van der Waals surface area contributed by atoms with Crippen LogP contribution in [0.15, 0.2) is 12.7 Å². The fourth-order valence-corrected chi connectivity index (χ4v) is 1.39. The molecule has 0 aliphatic rings. The quantitative estimate of drug-likeness (QED) is 0.385. The number of ether oxygens (including phenoxy) is 1. The first-order valence-corrected chi connectivity index (χ1v) is 4.64. The first-order valence-electron chi connectivity index (χ1n) is 4.64. The molecule has 0 spiro atoms. The van der Waals surface area contributed by atoms with Crippen molar-refractivity contribution in [2.75, 3.05) is 0 Å². The van der Waals surface area contributed by atoms with Gasteiger partial charge in [0.2, 0.25) is 0 Å². The molecule has 0 aromatic rings. The van der Waals surface area contributed by atoms with Gasteiger partial charge in [0.25, 0.3) is 0 Å². The van der Waals surface area contributed by atoms with Crippen molar-refractivity contribution >= 4 is 12.3 Å². The van der Waals surface area contributed by atoms with Gasteiger partial charge in [0.05, 0.1) is 5.41 Å². The lowest BCUT2D eigenvalue weighted by Gasteiger charge is -2.31. The fourth-order valence-electron chi connectivity index (χ4n) is 1.39. The zero-order chi connectivity index (χ0) is 11.4. The first kappa shape index (κ1) is 12.9. The van der Waals surface area contributed by atoms with Crippen molar-refractivity contribution < 1.29 is 14.3 Å². The van der Waals surface area contributed by atoms with Gasteiger partial charge >= 0.3 is 5.97 Å². The van der Waals surface area contributed by atoms with E-state index in [0.29, 0.717) is 0 Å². The van der Waals surface area contributed by atoms with Crippen molar-refractivity contribution in [2.24, 2.45) is 11.3 Å². The van der Waals surface area contributed by atoms with E-state index in [1.54, 1.807) is 13.8 Å². The minimum absolute atomic E-state index is 0.0964. The summed E-state index contributed by atoms with van der Waals surface area (Å²) < 4.78 is 5.13. The molecule has 3 nitrogen and oxygen atoms in total. The molecule has 0 heterocycles. The second-order valence-electron chi connectivity index (χ2n) is 4.24. The number of hydrogen-bond donors (Lipinski definition) is 0. The lowest BCUT2D eigenvalue weighted by molar-refractivity contribution is -0.154. The van der Waals surface area contributed by atoms with Gasteiger partial charge in [-0.3, -0.25) is 0 Å². The smallest absolute Gasteiger partial charge is 0.330 e. The molecule has 0 aromatic carbocycles. The van der Waals surface area contributed by atoms with Gasteiger partial charge in [0.1, 0.15) is 12.4 Å².